The van der Waals surface area contributed by atoms with Gasteiger partial charge in [-0.25, -0.2) is 0 Å². The third-order valence-electron chi connectivity index (χ3n) is 5.85. The number of aryl methyl sites for hydroxylation is 2. The fourth-order valence-corrected chi connectivity index (χ4v) is 4.33. The zero-order valence-electron chi connectivity index (χ0n) is 16.3. The number of hydrogen-bond donors (Lipinski definition) is 1. The van der Waals surface area contributed by atoms with Crippen molar-refractivity contribution in [2.45, 2.75) is 70.8 Å². The maximum absolute atomic E-state index is 12.0. The predicted octanol–water partition coefficient (Wildman–Crippen LogP) is 3.72. The molecule has 2 aliphatic rings. The molecule has 1 N–H and O–H groups in total. The summed E-state index contributed by atoms with van der Waals surface area (Å²) in [6.45, 7) is 5.43. The van der Waals surface area contributed by atoms with Crippen molar-refractivity contribution in [2.24, 2.45) is 0 Å². The molecule has 1 aliphatic carbocycles. The monoisotopic (exact) mass is 358 g/mol. The van der Waals surface area contributed by atoms with Gasteiger partial charge >= 0.3 is 0 Å². The van der Waals surface area contributed by atoms with Crippen molar-refractivity contribution in [1.82, 2.24) is 10.2 Å². The Hall–Kier alpha value is -1.55. The molecule has 0 radical (unpaired) electrons. The first-order valence-corrected chi connectivity index (χ1v) is 10.5. The zero-order chi connectivity index (χ0) is 18.2. The topological polar surface area (TPSA) is 41.6 Å². The quantitative estimate of drug-likeness (QED) is 0.720. The molecular weight excluding hydrogens is 324 g/mol. The lowest BCUT2D eigenvalue weighted by molar-refractivity contribution is -0.123. The van der Waals surface area contributed by atoms with E-state index in [1.54, 1.807) is 0 Å². The Morgan fingerprint density at radius 3 is 2.88 bits per heavy atom. The van der Waals surface area contributed by atoms with Crippen molar-refractivity contribution in [3.8, 4) is 5.75 Å². The minimum atomic E-state index is -0.0200. The molecule has 1 aliphatic heterocycles. The summed E-state index contributed by atoms with van der Waals surface area (Å²) >= 11 is 0. The highest BCUT2D eigenvalue weighted by Gasteiger charge is 2.19. The zero-order valence-corrected chi connectivity index (χ0v) is 16.3. The van der Waals surface area contributed by atoms with E-state index in [-0.39, 0.29) is 12.5 Å². The molecule has 0 spiro atoms. The normalized spacial score (nSPS) is 20.4. The smallest absolute Gasteiger partial charge is 0.257 e. The van der Waals surface area contributed by atoms with Gasteiger partial charge in [0, 0.05) is 19.1 Å². The fraction of sp³-hybridized carbons (Fsp3) is 0.682. The van der Waals surface area contributed by atoms with Crippen LogP contribution in [0.15, 0.2) is 18.2 Å². The Balaban J connectivity index is 1.33. The first kappa shape index (κ1) is 19.2. The summed E-state index contributed by atoms with van der Waals surface area (Å²) in [5, 5.41) is 3.00. The summed E-state index contributed by atoms with van der Waals surface area (Å²) in [4.78, 5) is 14.6. The molecule has 3 rings (SSSR count). The van der Waals surface area contributed by atoms with E-state index in [1.165, 1.54) is 62.6 Å². The number of hydrogen-bond acceptors (Lipinski definition) is 3. The second-order valence-corrected chi connectivity index (χ2v) is 7.72. The summed E-state index contributed by atoms with van der Waals surface area (Å²) in [6.07, 6.45) is 11.1. The van der Waals surface area contributed by atoms with Crippen molar-refractivity contribution >= 4 is 5.91 Å². The number of benzene rings is 1. The summed E-state index contributed by atoms with van der Waals surface area (Å²) in [5.74, 6) is 0.799. The van der Waals surface area contributed by atoms with Gasteiger partial charge in [-0.05, 0) is 81.2 Å². The minimum Gasteiger partial charge on any atom is -0.484 e. The van der Waals surface area contributed by atoms with Crippen LogP contribution in [-0.2, 0) is 17.6 Å². The van der Waals surface area contributed by atoms with E-state index in [0.29, 0.717) is 0 Å². The molecule has 1 amide bonds. The maximum atomic E-state index is 12.0. The number of nitrogens with zero attached hydrogens (tertiary/aromatic N) is 1. The van der Waals surface area contributed by atoms with Gasteiger partial charge in [-0.2, -0.15) is 0 Å². The number of nitrogens with one attached hydrogen (secondary N) is 1. The summed E-state index contributed by atoms with van der Waals surface area (Å²) < 4.78 is 5.69. The predicted molar refractivity (Wildman–Crippen MR) is 106 cm³/mol. The van der Waals surface area contributed by atoms with E-state index in [4.69, 9.17) is 4.74 Å². The first-order valence-electron chi connectivity index (χ1n) is 10.5. The van der Waals surface area contributed by atoms with Crippen LogP contribution in [-0.4, -0.2) is 43.1 Å². The number of amides is 1. The molecule has 1 aromatic carbocycles. The van der Waals surface area contributed by atoms with Crippen LogP contribution >= 0.6 is 0 Å². The molecule has 0 saturated carbocycles. The van der Waals surface area contributed by atoms with Crippen molar-refractivity contribution in [3.63, 3.8) is 0 Å². The number of carbonyl (C=O) groups is 1. The molecule has 0 aromatic heterocycles. The molecular formula is C22H34N2O2. The summed E-state index contributed by atoms with van der Waals surface area (Å²) in [7, 11) is 0. The van der Waals surface area contributed by atoms with Gasteiger partial charge in [0.2, 0.25) is 0 Å². The highest BCUT2D eigenvalue weighted by Crippen LogP contribution is 2.25. The van der Waals surface area contributed by atoms with Gasteiger partial charge in [-0.1, -0.05) is 19.4 Å². The van der Waals surface area contributed by atoms with Crippen LogP contribution < -0.4 is 10.1 Å². The van der Waals surface area contributed by atoms with Crippen molar-refractivity contribution in [3.05, 3.63) is 29.3 Å². The molecule has 144 valence electrons. The van der Waals surface area contributed by atoms with Crippen LogP contribution in [0.1, 0.15) is 63.0 Å². The van der Waals surface area contributed by atoms with Gasteiger partial charge in [0.15, 0.2) is 6.61 Å². The van der Waals surface area contributed by atoms with Crippen LogP contribution in [0.3, 0.4) is 0 Å². The highest BCUT2D eigenvalue weighted by molar-refractivity contribution is 5.77. The lowest BCUT2D eigenvalue weighted by atomic mass is 9.92. The first-order chi connectivity index (χ1) is 12.8. The standard InChI is InChI=1S/C22H34N2O2/c1-2-20-10-5-6-14-24(20)15-7-13-23-22(25)17-26-21-12-11-18-8-3-4-9-19(18)16-21/h11-12,16,20H,2-10,13-15,17H2,1H3,(H,23,25)/t20-/m1/s1. The van der Waals surface area contributed by atoms with E-state index in [1.807, 2.05) is 6.07 Å². The second-order valence-electron chi connectivity index (χ2n) is 7.72. The number of carbonyl (C=O) groups excluding carboxylic acids is 1. The Kier molecular flexibility index (Phi) is 7.36. The summed E-state index contributed by atoms with van der Waals surface area (Å²) in [6, 6.07) is 7.01. The lowest BCUT2D eigenvalue weighted by Gasteiger charge is -2.35. The van der Waals surface area contributed by atoms with E-state index in [2.05, 4.69) is 29.3 Å². The number of fused-ring (bicyclic) bond motifs is 1. The molecule has 1 saturated heterocycles. The van der Waals surface area contributed by atoms with E-state index in [0.717, 1.165) is 37.7 Å². The molecule has 1 atom stereocenters. The van der Waals surface area contributed by atoms with Crippen molar-refractivity contribution < 1.29 is 9.53 Å². The highest BCUT2D eigenvalue weighted by atomic mass is 16.5. The third kappa shape index (κ3) is 5.47. The van der Waals surface area contributed by atoms with Crippen LogP contribution in [0.2, 0.25) is 0 Å². The molecule has 1 heterocycles. The van der Waals surface area contributed by atoms with E-state index in [9.17, 15) is 4.79 Å². The maximum Gasteiger partial charge on any atom is 0.257 e. The van der Waals surface area contributed by atoms with Crippen LogP contribution in [0.5, 0.6) is 5.75 Å². The average Bonchev–Trinajstić information content (AvgIpc) is 2.69. The molecule has 0 unspecified atom stereocenters. The molecule has 4 nitrogen and oxygen atoms in total. The molecule has 0 bridgehead atoms. The largest absolute Gasteiger partial charge is 0.484 e. The Labute approximate surface area is 158 Å². The van der Waals surface area contributed by atoms with Gasteiger partial charge in [-0.15, -0.1) is 0 Å². The van der Waals surface area contributed by atoms with Crippen LogP contribution in [0.4, 0.5) is 0 Å². The van der Waals surface area contributed by atoms with E-state index >= 15 is 0 Å². The van der Waals surface area contributed by atoms with E-state index < -0.39 is 0 Å². The molecule has 4 heteroatoms. The van der Waals surface area contributed by atoms with Gasteiger partial charge in [0.05, 0.1) is 0 Å². The minimum absolute atomic E-state index is 0.0200. The van der Waals surface area contributed by atoms with Crippen molar-refractivity contribution in [2.75, 3.05) is 26.2 Å². The second kappa shape index (κ2) is 9.96. The molecule has 1 fully saturated rings. The van der Waals surface area contributed by atoms with Gasteiger partial charge < -0.3 is 15.0 Å². The number of rotatable bonds is 8. The van der Waals surface area contributed by atoms with Gasteiger partial charge in [-0.3, -0.25) is 4.79 Å². The average molecular weight is 359 g/mol. The third-order valence-corrected chi connectivity index (χ3v) is 5.85. The Morgan fingerprint density at radius 2 is 2.04 bits per heavy atom. The van der Waals surface area contributed by atoms with Crippen LogP contribution in [0.25, 0.3) is 0 Å². The number of likely N-dealkylation sites (tertiary alicyclic amines) is 1. The lowest BCUT2D eigenvalue weighted by Crippen LogP contribution is -2.41. The number of ether oxygens (including phenoxy) is 1. The van der Waals surface area contributed by atoms with Crippen LogP contribution in [0, 0.1) is 0 Å². The Bertz CT molecular complexity index is 588. The summed E-state index contributed by atoms with van der Waals surface area (Å²) in [5.41, 5.74) is 2.83. The van der Waals surface area contributed by atoms with Gasteiger partial charge in [0.25, 0.3) is 5.91 Å². The fourth-order valence-electron chi connectivity index (χ4n) is 4.33. The SMILES string of the molecule is CC[C@@H]1CCCCN1CCCNC(=O)COc1ccc2c(c1)CCCC2. The number of piperidine rings is 1. The molecule has 1 aromatic rings. The molecule has 26 heavy (non-hydrogen) atoms. The van der Waals surface area contributed by atoms with Gasteiger partial charge in [0.1, 0.15) is 5.75 Å². The van der Waals surface area contributed by atoms with Crippen molar-refractivity contribution in [1.29, 1.82) is 0 Å². The Morgan fingerprint density at radius 1 is 1.19 bits per heavy atom.